The Morgan fingerprint density at radius 3 is 2.55 bits per heavy atom. The van der Waals surface area contributed by atoms with Crippen molar-refractivity contribution in [3.8, 4) is 0 Å². The molecule has 0 fully saturated rings. The molecule has 0 aliphatic rings. The zero-order chi connectivity index (χ0) is 14.4. The summed E-state index contributed by atoms with van der Waals surface area (Å²) in [7, 11) is 0. The number of benzene rings is 1. The first-order valence-corrected chi connectivity index (χ1v) is 6.92. The van der Waals surface area contributed by atoms with Crippen molar-refractivity contribution >= 4 is 5.91 Å². The van der Waals surface area contributed by atoms with Gasteiger partial charge >= 0.3 is 0 Å². The van der Waals surface area contributed by atoms with Crippen LogP contribution in [0.3, 0.4) is 0 Å². The molecule has 0 aliphatic carbocycles. The summed E-state index contributed by atoms with van der Waals surface area (Å²) >= 11 is 0. The highest BCUT2D eigenvalue weighted by atomic mass is 16.3. The van der Waals surface area contributed by atoms with Crippen molar-refractivity contribution in [1.29, 1.82) is 0 Å². The van der Waals surface area contributed by atoms with Crippen molar-refractivity contribution in [3.63, 3.8) is 0 Å². The van der Waals surface area contributed by atoms with Gasteiger partial charge < -0.3 is 9.73 Å². The largest absolute Gasteiger partial charge is 0.446 e. The summed E-state index contributed by atoms with van der Waals surface area (Å²) in [4.78, 5) is 15.8. The van der Waals surface area contributed by atoms with Crippen LogP contribution in [-0.2, 0) is 24.2 Å². The van der Waals surface area contributed by atoms with Gasteiger partial charge in [0, 0.05) is 6.42 Å². The molecule has 2 rings (SSSR count). The van der Waals surface area contributed by atoms with E-state index in [1.807, 2.05) is 6.92 Å². The van der Waals surface area contributed by atoms with Gasteiger partial charge in [-0.2, -0.15) is 0 Å². The molecule has 4 heteroatoms. The van der Waals surface area contributed by atoms with Crippen molar-refractivity contribution < 1.29 is 9.21 Å². The zero-order valence-corrected chi connectivity index (χ0v) is 12.0. The predicted molar refractivity (Wildman–Crippen MR) is 77.2 cm³/mol. The van der Waals surface area contributed by atoms with Gasteiger partial charge in [0.05, 0.1) is 12.2 Å². The van der Waals surface area contributed by atoms with E-state index in [1.165, 1.54) is 17.5 Å². The predicted octanol–water partition coefficient (Wildman–Crippen LogP) is 2.79. The quantitative estimate of drug-likeness (QED) is 0.879. The highest BCUT2D eigenvalue weighted by Crippen LogP contribution is 2.08. The fraction of sp³-hybridized carbons (Fsp3) is 0.375. The number of amides is 1. The topological polar surface area (TPSA) is 55.1 Å². The Hall–Kier alpha value is -2.10. The number of aryl methyl sites for hydroxylation is 3. The van der Waals surface area contributed by atoms with Crippen molar-refractivity contribution in [1.82, 2.24) is 10.3 Å². The lowest BCUT2D eigenvalue weighted by molar-refractivity contribution is -0.121. The van der Waals surface area contributed by atoms with Crippen LogP contribution in [-0.4, -0.2) is 10.9 Å². The minimum atomic E-state index is 0.0281. The van der Waals surface area contributed by atoms with E-state index in [0.717, 1.165) is 18.5 Å². The molecule has 1 aromatic heterocycles. The van der Waals surface area contributed by atoms with Gasteiger partial charge in [-0.1, -0.05) is 31.2 Å². The molecule has 2 aromatic rings. The maximum absolute atomic E-state index is 11.8. The van der Waals surface area contributed by atoms with Crippen LogP contribution in [0.15, 0.2) is 35.1 Å². The number of carbonyl (C=O) groups excluding carboxylic acids is 1. The Morgan fingerprint density at radius 2 is 1.95 bits per heavy atom. The van der Waals surface area contributed by atoms with Gasteiger partial charge in [0.1, 0.15) is 5.76 Å². The SMILES string of the molecule is CCc1ccc(CCC(=O)NCc2ocnc2C)cc1. The highest BCUT2D eigenvalue weighted by molar-refractivity contribution is 5.76. The number of carbonyl (C=O) groups is 1. The molecule has 0 unspecified atom stereocenters. The Morgan fingerprint density at radius 1 is 1.25 bits per heavy atom. The molecule has 0 atom stereocenters. The Kier molecular flexibility index (Phi) is 4.93. The third-order valence-electron chi connectivity index (χ3n) is 3.36. The van der Waals surface area contributed by atoms with Crippen LogP contribution >= 0.6 is 0 Å². The van der Waals surface area contributed by atoms with Gasteiger partial charge in [0.2, 0.25) is 5.91 Å². The molecule has 0 saturated carbocycles. The maximum Gasteiger partial charge on any atom is 0.220 e. The molecular weight excluding hydrogens is 252 g/mol. The maximum atomic E-state index is 11.8. The molecule has 0 bridgehead atoms. The molecular formula is C16H20N2O2. The molecule has 1 heterocycles. The van der Waals surface area contributed by atoms with Crippen LogP contribution in [0.25, 0.3) is 0 Å². The molecule has 1 amide bonds. The lowest BCUT2D eigenvalue weighted by atomic mass is 10.1. The molecule has 106 valence electrons. The van der Waals surface area contributed by atoms with Crippen molar-refractivity contribution in [2.75, 3.05) is 0 Å². The minimum absolute atomic E-state index is 0.0281. The number of rotatable bonds is 6. The summed E-state index contributed by atoms with van der Waals surface area (Å²) in [6, 6.07) is 8.41. The van der Waals surface area contributed by atoms with Crippen molar-refractivity contribution in [2.24, 2.45) is 0 Å². The number of aromatic nitrogens is 1. The number of nitrogens with one attached hydrogen (secondary N) is 1. The fourth-order valence-corrected chi connectivity index (χ4v) is 1.96. The van der Waals surface area contributed by atoms with Gasteiger partial charge in [-0.05, 0) is 30.9 Å². The van der Waals surface area contributed by atoms with Gasteiger partial charge in [-0.15, -0.1) is 0 Å². The molecule has 1 N–H and O–H groups in total. The first kappa shape index (κ1) is 14.3. The van der Waals surface area contributed by atoms with E-state index in [9.17, 15) is 4.79 Å². The highest BCUT2D eigenvalue weighted by Gasteiger charge is 2.06. The van der Waals surface area contributed by atoms with Gasteiger partial charge in [-0.3, -0.25) is 4.79 Å². The average Bonchev–Trinajstić information content (AvgIpc) is 2.89. The third-order valence-corrected chi connectivity index (χ3v) is 3.36. The molecule has 0 aliphatic heterocycles. The van der Waals surface area contributed by atoms with Crippen LogP contribution in [0.1, 0.15) is 35.9 Å². The summed E-state index contributed by atoms with van der Waals surface area (Å²) in [6.07, 6.45) is 3.67. The molecule has 0 spiro atoms. The van der Waals surface area contributed by atoms with Crippen molar-refractivity contribution in [3.05, 3.63) is 53.2 Å². The average molecular weight is 272 g/mol. The first-order chi connectivity index (χ1) is 9.69. The van der Waals surface area contributed by atoms with E-state index >= 15 is 0 Å². The summed E-state index contributed by atoms with van der Waals surface area (Å²) in [5.41, 5.74) is 3.33. The van der Waals surface area contributed by atoms with E-state index < -0.39 is 0 Å². The van der Waals surface area contributed by atoms with E-state index in [0.29, 0.717) is 18.7 Å². The molecule has 4 nitrogen and oxygen atoms in total. The number of oxazole rings is 1. The van der Waals surface area contributed by atoms with Crippen LogP contribution in [0, 0.1) is 6.92 Å². The van der Waals surface area contributed by atoms with Crippen LogP contribution < -0.4 is 5.32 Å². The molecule has 1 aromatic carbocycles. The third kappa shape index (κ3) is 3.95. The Balaban J connectivity index is 1.75. The van der Waals surface area contributed by atoms with Gasteiger partial charge in [0.15, 0.2) is 6.39 Å². The number of nitrogens with zero attached hydrogens (tertiary/aromatic N) is 1. The van der Waals surface area contributed by atoms with E-state index in [4.69, 9.17) is 4.42 Å². The molecule has 0 saturated heterocycles. The minimum Gasteiger partial charge on any atom is -0.446 e. The number of hydrogen-bond donors (Lipinski definition) is 1. The standard InChI is InChI=1S/C16H20N2O2/c1-3-13-4-6-14(7-5-13)8-9-16(19)17-10-15-12(2)18-11-20-15/h4-7,11H,3,8-10H2,1-2H3,(H,17,19). The smallest absolute Gasteiger partial charge is 0.220 e. The lowest BCUT2D eigenvalue weighted by Crippen LogP contribution is -2.23. The lowest BCUT2D eigenvalue weighted by Gasteiger charge is -2.05. The van der Waals surface area contributed by atoms with E-state index in [2.05, 4.69) is 41.5 Å². The number of hydrogen-bond acceptors (Lipinski definition) is 3. The van der Waals surface area contributed by atoms with Crippen LogP contribution in [0.2, 0.25) is 0 Å². The van der Waals surface area contributed by atoms with Crippen LogP contribution in [0.5, 0.6) is 0 Å². The normalized spacial score (nSPS) is 10.5. The Bertz CT molecular complexity index is 558. The van der Waals surface area contributed by atoms with Gasteiger partial charge in [-0.25, -0.2) is 4.98 Å². The zero-order valence-electron chi connectivity index (χ0n) is 12.0. The van der Waals surface area contributed by atoms with Crippen molar-refractivity contribution in [2.45, 2.75) is 39.7 Å². The summed E-state index contributed by atoms with van der Waals surface area (Å²) < 4.78 is 5.18. The van der Waals surface area contributed by atoms with E-state index in [-0.39, 0.29) is 5.91 Å². The second-order valence-electron chi connectivity index (χ2n) is 4.81. The van der Waals surface area contributed by atoms with Crippen LogP contribution in [0.4, 0.5) is 0 Å². The summed E-state index contributed by atoms with van der Waals surface area (Å²) in [5, 5.41) is 2.85. The second kappa shape index (κ2) is 6.89. The first-order valence-electron chi connectivity index (χ1n) is 6.92. The summed E-state index contributed by atoms with van der Waals surface area (Å²) in [6.45, 7) is 4.40. The Labute approximate surface area is 119 Å². The monoisotopic (exact) mass is 272 g/mol. The van der Waals surface area contributed by atoms with E-state index in [1.54, 1.807) is 0 Å². The van der Waals surface area contributed by atoms with Gasteiger partial charge in [0.25, 0.3) is 0 Å². The molecule has 20 heavy (non-hydrogen) atoms. The molecule has 0 radical (unpaired) electrons. The summed E-state index contributed by atoms with van der Waals surface area (Å²) in [5.74, 6) is 0.742. The second-order valence-corrected chi connectivity index (χ2v) is 4.81. The fourth-order valence-electron chi connectivity index (χ4n) is 1.96.